The molecule has 0 fully saturated rings. The second kappa shape index (κ2) is 5.20. The van der Waals surface area contributed by atoms with E-state index in [4.69, 9.17) is 0 Å². The van der Waals surface area contributed by atoms with E-state index >= 15 is 0 Å². The van der Waals surface area contributed by atoms with Gasteiger partial charge in [0, 0.05) is 30.3 Å². The molecule has 1 atom stereocenters. The molecule has 1 aliphatic carbocycles. The normalized spacial score (nSPS) is 17.3. The van der Waals surface area contributed by atoms with Gasteiger partial charge in [0.1, 0.15) is 5.82 Å². The number of H-pyrrole nitrogens is 2. The number of aryl methyl sites for hydroxylation is 3. The van der Waals surface area contributed by atoms with E-state index < -0.39 is 0 Å². The van der Waals surface area contributed by atoms with E-state index in [0.29, 0.717) is 12.1 Å². The van der Waals surface area contributed by atoms with Crippen molar-refractivity contribution in [1.82, 2.24) is 15.0 Å². The van der Waals surface area contributed by atoms with Crippen LogP contribution in [0.25, 0.3) is 0 Å². The Labute approximate surface area is 122 Å². The summed E-state index contributed by atoms with van der Waals surface area (Å²) in [4.78, 5) is 33.8. The summed E-state index contributed by atoms with van der Waals surface area (Å²) >= 11 is 0. The maximum Gasteiger partial charge on any atom is 0.248 e. The summed E-state index contributed by atoms with van der Waals surface area (Å²) in [5, 5.41) is 2.90. The third kappa shape index (κ3) is 2.74. The maximum absolute atomic E-state index is 12.4. The fraction of sp³-hybridized carbons (Fsp3) is 0.400. The first-order valence-corrected chi connectivity index (χ1v) is 7.07. The smallest absolute Gasteiger partial charge is 0.248 e. The number of rotatable bonds is 2. The Morgan fingerprint density at radius 1 is 1.43 bits per heavy atom. The third-order valence-corrected chi connectivity index (χ3v) is 3.92. The van der Waals surface area contributed by atoms with Crippen LogP contribution < -0.4 is 10.9 Å². The highest BCUT2D eigenvalue weighted by molar-refractivity contribution is 5.93. The predicted octanol–water partition coefficient (Wildman–Crippen LogP) is 1.46. The summed E-state index contributed by atoms with van der Waals surface area (Å²) < 4.78 is 0. The van der Waals surface area contributed by atoms with Gasteiger partial charge in [-0.1, -0.05) is 0 Å². The molecule has 21 heavy (non-hydrogen) atoms. The highest BCUT2D eigenvalue weighted by Crippen LogP contribution is 2.25. The van der Waals surface area contributed by atoms with Gasteiger partial charge in [-0.2, -0.15) is 0 Å². The number of aromatic nitrogens is 3. The molecule has 0 aromatic carbocycles. The highest BCUT2D eigenvalue weighted by Gasteiger charge is 2.27. The van der Waals surface area contributed by atoms with Gasteiger partial charge in [-0.3, -0.25) is 9.59 Å². The number of imidazole rings is 1. The molecule has 6 heteroatoms. The largest absolute Gasteiger partial charge is 0.346 e. The lowest BCUT2D eigenvalue weighted by Gasteiger charge is -2.21. The summed E-state index contributed by atoms with van der Waals surface area (Å²) in [6, 6.07) is 1.48. The zero-order chi connectivity index (χ0) is 15.0. The molecule has 6 nitrogen and oxygen atoms in total. The van der Waals surface area contributed by atoms with Gasteiger partial charge in [0.25, 0.3) is 0 Å². The van der Waals surface area contributed by atoms with Crippen molar-refractivity contribution in [2.24, 2.45) is 5.92 Å². The molecule has 3 N–H and O–H groups in total. The number of anilines is 1. The average Bonchev–Trinajstić information content (AvgIpc) is 2.80. The molecule has 2 aromatic rings. The van der Waals surface area contributed by atoms with Crippen molar-refractivity contribution in [3.63, 3.8) is 0 Å². The second-order valence-electron chi connectivity index (χ2n) is 5.57. The van der Waals surface area contributed by atoms with E-state index in [-0.39, 0.29) is 17.4 Å². The zero-order valence-electron chi connectivity index (χ0n) is 12.1. The van der Waals surface area contributed by atoms with Crippen LogP contribution in [0.5, 0.6) is 0 Å². The summed E-state index contributed by atoms with van der Waals surface area (Å²) in [7, 11) is 0. The molecule has 0 aliphatic heterocycles. The van der Waals surface area contributed by atoms with Crippen LogP contribution in [-0.2, 0) is 17.6 Å². The van der Waals surface area contributed by atoms with Crippen molar-refractivity contribution in [3.8, 4) is 0 Å². The first kappa shape index (κ1) is 13.6. The van der Waals surface area contributed by atoms with Gasteiger partial charge in [0.05, 0.1) is 11.4 Å². The summed E-state index contributed by atoms with van der Waals surface area (Å²) in [6.07, 6.45) is 3.85. The summed E-state index contributed by atoms with van der Waals surface area (Å²) in [6.45, 7) is 3.74. The molecule has 2 heterocycles. The van der Waals surface area contributed by atoms with Crippen LogP contribution in [0.15, 0.2) is 17.1 Å². The van der Waals surface area contributed by atoms with Gasteiger partial charge in [0.2, 0.25) is 11.5 Å². The molecule has 0 spiro atoms. The fourth-order valence-corrected chi connectivity index (χ4v) is 2.79. The van der Waals surface area contributed by atoms with E-state index in [1.54, 1.807) is 6.20 Å². The minimum atomic E-state index is -0.166. The monoisotopic (exact) mass is 286 g/mol. The molecular formula is C15H18N4O2. The molecule has 0 radical (unpaired) electrons. The minimum absolute atomic E-state index is 0.0111. The Kier molecular flexibility index (Phi) is 3.37. The van der Waals surface area contributed by atoms with Gasteiger partial charge >= 0.3 is 0 Å². The third-order valence-electron chi connectivity index (χ3n) is 3.92. The molecule has 0 unspecified atom stereocenters. The van der Waals surface area contributed by atoms with Crippen molar-refractivity contribution in [1.29, 1.82) is 0 Å². The minimum Gasteiger partial charge on any atom is -0.346 e. The Bertz CT molecular complexity index is 744. The summed E-state index contributed by atoms with van der Waals surface area (Å²) in [5.41, 5.74) is 3.40. The van der Waals surface area contributed by atoms with Crippen LogP contribution in [0.3, 0.4) is 0 Å². The van der Waals surface area contributed by atoms with Crippen LogP contribution in [0.1, 0.15) is 29.2 Å². The Hall–Kier alpha value is -2.37. The van der Waals surface area contributed by atoms with Gasteiger partial charge < -0.3 is 15.3 Å². The number of amides is 1. The Morgan fingerprint density at radius 2 is 2.24 bits per heavy atom. The van der Waals surface area contributed by atoms with E-state index in [0.717, 1.165) is 35.6 Å². The zero-order valence-corrected chi connectivity index (χ0v) is 12.1. The van der Waals surface area contributed by atoms with Crippen LogP contribution in [0.2, 0.25) is 0 Å². The van der Waals surface area contributed by atoms with E-state index in [9.17, 15) is 9.59 Å². The number of nitrogens with one attached hydrogen (secondary N) is 3. The van der Waals surface area contributed by atoms with Crippen LogP contribution in [0, 0.1) is 19.8 Å². The van der Waals surface area contributed by atoms with Crippen molar-refractivity contribution in [3.05, 3.63) is 45.4 Å². The Balaban J connectivity index is 1.73. The molecule has 3 rings (SSSR count). The number of fused-ring (bicyclic) bond motifs is 1. The van der Waals surface area contributed by atoms with E-state index in [1.165, 1.54) is 6.07 Å². The number of hydrogen-bond donors (Lipinski definition) is 3. The summed E-state index contributed by atoms with van der Waals surface area (Å²) in [5.74, 6) is 0.823. The lowest BCUT2D eigenvalue weighted by molar-refractivity contribution is -0.120. The second-order valence-corrected chi connectivity index (χ2v) is 5.57. The van der Waals surface area contributed by atoms with Crippen molar-refractivity contribution in [2.45, 2.75) is 33.1 Å². The maximum atomic E-state index is 12.4. The van der Waals surface area contributed by atoms with Crippen LogP contribution in [0.4, 0.5) is 5.69 Å². The standard InChI is InChI=1S/C15H18N4O2/c1-8-5-14(20)16-7-13(8)19-15(21)10-3-4-11-12(6-10)18-9(2)17-11/h5,7,10H,3-4,6H2,1-2H3,(H,16,20)(H,17,18)(H,19,21)/t10-/m0/s1. The van der Waals surface area contributed by atoms with Gasteiger partial charge in [-0.15, -0.1) is 0 Å². The first-order chi connectivity index (χ1) is 10.0. The predicted molar refractivity (Wildman–Crippen MR) is 79.3 cm³/mol. The van der Waals surface area contributed by atoms with Gasteiger partial charge in [-0.25, -0.2) is 4.98 Å². The van der Waals surface area contributed by atoms with E-state index in [1.807, 2.05) is 13.8 Å². The molecule has 0 bridgehead atoms. The molecule has 2 aromatic heterocycles. The topological polar surface area (TPSA) is 90.6 Å². The first-order valence-electron chi connectivity index (χ1n) is 7.07. The molecular weight excluding hydrogens is 268 g/mol. The molecule has 0 saturated carbocycles. The fourth-order valence-electron chi connectivity index (χ4n) is 2.79. The number of hydrogen-bond acceptors (Lipinski definition) is 3. The van der Waals surface area contributed by atoms with Crippen molar-refractivity contribution < 1.29 is 4.79 Å². The quantitative estimate of drug-likeness (QED) is 0.780. The van der Waals surface area contributed by atoms with Crippen LogP contribution in [-0.4, -0.2) is 20.9 Å². The van der Waals surface area contributed by atoms with E-state index in [2.05, 4.69) is 20.3 Å². The molecule has 1 amide bonds. The van der Waals surface area contributed by atoms with Gasteiger partial charge in [-0.05, 0) is 32.3 Å². The number of nitrogens with zero attached hydrogens (tertiary/aromatic N) is 1. The van der Waals surface area contributed by atoms with Crippen molar-refractivity contribution >= 4 is 11.6 Å². The molecule has 0 saturated heterocycles. The number of carbonyl (C=O) groups is 1. The van der Waals surface area contributed by atoms with Crippen molar-refractivity contribution in [2.75, 3.05) is 5.32 Å². The highest BCUT2D eigenvalue weighted by atomic mass is 16.2. The van der Waals surface area contributed by atoms with Crippen LogP contribution >= 0.6 is 0 Å². The van der Waals surface area contributed by atoms with Gasteiger partial charge in [0.15, 0.2) is 0 Å². The number of pyridine rings is 1. The lowest BCUT2D eigenvalue weighted by atomic mass is 9.89. The number of aromatic amines is 2. The molecule has 1 aliphatic rings. The lowest BCUT2D eigenvalue weighted by Crippen LogP contribution is -2.28. The molecule has 110 valence electrons. The average molecular weight is 286 g/mol. The SMILES string of the molecule is Cc1nc2c([nH]1)C[C@@H](C(=O)Nc1c[nH]c(=O)cc1C)CC2. The number of carbonyl (C=O) groups excluding carboxylic acids is 1. The Morgan fingerprint density at radius 3 is 3.00 bits per heavy atom.